The van der Waals surface area contributed by atoms with Crippen LogP contribution in [0.1, 0.15) is 76.0 Å². The number of aliphatic hydroxyl groups is 1. The maximum Gasteiger partial charge on any atom is 0.407 e. The van der Waals surface area contributed by atoms with Crippen LogP contribution in [-0.4, -0.2) is 99.3 Å². The Bertz CT molecular complexity index is 2120. The van der Waals surface area contributed by atoms with Gasteiger partial charge in [-0.3, -0.25) is 19.6 Å². The van der Waals surface area contributed by atoms with E-state index in [-0.39, 0.29) is 24.8 Å². The Hall–Kier alpha value is -5.82. The summed E-state index contributed by atoms with van der Waals surface area (Å²) in [5, 5.41) is 21.2. The van der Waals surface area contributed by atoms with E-state index in [4.69, 9.17) is 4.74 Å². The van der Waals surface area contributed by atoms with Crippen molar-refractivity contribution in [3.8, 4) is 11.3 Å². The normalized spacial score (nSPS) is 15.7. The van der Waals surface area contributed by atoms with Gasteiger partial charge in [0, 0.05) is 36.6 Å². The average Bonchev–Trinajstić information content (AvgIpc) is 3.53. The van der Waals surface area contributed by atoms with Crippen molar-refractivity contribution in [2.75, 3.05) is 20.2 Å². The van der Waals surface area contributed by atoms with Crippen LogP contribution >= 0.6 is 0 Å². The Labute approximate surface area is 360 Å². The molecule has 2 aromatic carbocycles. The predicted octanol–water partition coefficient (Wildman–Crippen LogP) is 6.39. The van der Waals surface area contributed by atoms with E-state index in [1.807, 2.05) is 140 Å². The van der Waals surface area contributed by atoms with Gasteiger partial charge in [0.2, 0.25) is 11.8 Å². The van der Waals surface area contributed by atoms with Gasteiger partial charge < -0.3 is 35.6 Å². The third-order valence-corrected chi connectivity index (χ3v) is 11.0. The Morgan fingerprint density at radius 1 is 0.803 bits per heavy atom. The lowest BCUT2D eigenvalue weighted by Gasteiger charge is -2.38. The summed E-state index contributed by atoms with van der Waals surface area (Å²) in [6, 6.07) is 23.7. The number of hydrogen-bond acceptors (Lipinski definition) is 8. The molecule has 5 atom stereocenters. The lowest BCUT2D eigenvalue weighted by atomic mass is 9.84. The Balaban J connectivity index is 1.42. The highest BCUT2D eigenvalue weighted by atomic mass is 16.5. The third-order valence-electron chi connectivity index (χ3n) is 11.0. The summed E-state index contributed by atoms with van der Waals surface area (Å²) in [5.41, 5.74) is 4.93. The van der Waals surface area contributed by atoms with Gasteiger partial charge in [-0.25, -0.2) is 9.59 Å². The second-order valence-electron chi connectivity index (χ2n) is 18.3. The first-order valence-corrected chi connectivity index (χ1v) is 21.0. The number of methoxy groups -OCH3 is 1. The molecule has 0 spiro atoms. The molecule has 13 heteroatoms. The van der Waals surface area contributed by atoms with Gasteiger partial charge in [-0.1, -0.05) is 102 Å². The lowest BCUT2D eigenvalue weighted by Crippen LogP contribution is -2.59. The van der Waals surface area contributed by atoms with Gasteiger partial charge in [0.15, 0.2) is 0 Å². The molecular formula is C48H63N7O6. The van der Waals surface area contributed by atoms with E-state index in [9.17, 15) is 24.3 Å². The summed E-state index contributed by atoms with van der Waals surface area (Å²) in [6.07, 6.45) is 0.551. The smallest absolute Gasteiger partial charge is 0.407 e. The number of amides is 5. The summed E-state index contributed by atoms with van der Waals surface area (Å²) in [4.78, 5) is 67.5. The van der Waals surface area contributed by atoms with Crippen molar-refractivity contribution in [1.82, 2.24) is 35.7 Å². The zero-order valence-electron chi connectivity index (χ0n) is 37.1. The average molecular weight is 834 g/mol. The van der Waals surface area contributed by atoms with Gasteiger partial charge in [-0.05, 0) is 84.9 Å². The summed E-state index contributed by atoms with van der Waals surface area (Å²) in [7, 11) is 1.24. The van der Waals surface area contributed by atoms with Gasteiger partial charge in [-0.2, -0.15) is 0 Å². The Morgan fingerprint density at radius 2 is 1.49 bits per heavy atom. The van der Waals surface area contributed by atoms with E-state index < -0.39 is 53.1 Å². The SMILES string of the molecule is COC(=O)NC(C(=O)NC(Cc1ccc(-c2cc(C)ccn2)cc1)C(O)CC(Cc1ccccc1)NC(=O)C(N1CCN(Cc2cccc(C)n2)C1=O)C(C)(C)C)C(C)(C)C. The summed E-state index contributed by atoms with van der Waals surface area (Å²) < 4.78 is 4.84. The Morgan fingerprint density at radius 3 is 2.11 bits per heavy atom. The molecule has 5 amide bonds. The van der Waals surface area contributed by atoms with E-state index in [1.54, 1.807) is 16.0 Å². The number of nitrogens with zero attached hydrogens (tertiary/aromatic N) is 4. The molecule has 1 saturated heterocycles. The zero-order chi connectivity index (χ0) is 44.5. The molecule has 0 radical (unpaired) electrons. The minimum atomic E-state index is -1.16. The second-order valence-corrected chi connectivity index (χ2v) is 18.3. The first-order valence-electron chi connectivity index (χ1n) is 21.0. The maximum absolute atomic E-state index is 14.6. The standard InChI is InChI=1S/C48H63N7O6/c1-31-22-23-49-38(26-31)35-20-18-34(19-21-35)28-39(52-43(57)41(47(3,4)5)53-45(59)61-9)40(56)29-37(27-33-15-11-10-12-16-33)51-44(58)42(48(6,7)8)55-25-24-54(46(55)60)30-36-17-13-14-32(2)50-36/h10-23,26,37,39-42,56H,24-25,27-30H2,1-9H3,(H,51,58)(H,52,57)(H,53,59). The molecule has 1 aliphatic rings. The minimum absolute atomic E-state index is 0.0669. The van der Waals surface area contributed by atoms with Crippen molar-refractivity contribution in [2.24, 2.45) is 10.8 Å². The van der Waals surface area contributed by atoms with Crippen LogP contribution in [0.3, 0.4) is 0 Å². The quantitative estimate of drug-likeness (QED) is 0.101. The highest BCUT2D eigenvalue weighted by Gasteiger charge is 2.44. The van der Waals surface area contributed by atoms with Crippen molar-refractivity contribution in [3.63, 3.8) is 0 Å². The summed E-state index contributed by atoms with van der Waals surface area (Å²) in [5.74, 6) is -0.822. The number of pyridine rings is 2. The van der Waals surface area contributed by atoms with Crippen molar-refractivity contribution in [3.05, 3.63) is 119 Å². The molecule has 1 fully saturated rings. The zero-order valence-corrected chi connectivity index (χ0v) is 37.1. The molecule has 5 unspecified atom stereocenters. The molecule has 4 N–H and O–H groups in total. The van der Waals surface area contributed by atoms with E-state index in [2.05, 4.69) is 25.9 Å². The van der Waals surface area contributed by atoms with Crippen molar-refractivity contribution < 1.29 is 29.0 Å². The first kappa shape index (κ1) is 46.2. The Kier molecular flexibility index (Phi) is 15.3. The molecule has 61 heavy (non-hydrogen) atoms. The molecule has 3 heterocycles. The number of aromatic nitrogens is 2. The third kappa shape index (κ3) is 12.8. The number of hydrogen-bond donors (Lipinski definition) is 4. The van der Waals surface area contributed by atoms with Crippen LogP contribution in [0.15, 0.2) is 91.1 Å². The number of urea groups is 1. The largest absolute Gasteiger partial charge is 0.453 e. The van der Waals surface area contributed by atoms with Crippen LogP contribution in [0.5, 0.6) is 0 Å². The molecule has 4 aromatic rings. The van der Waals surface area contributed by atoms with Crippen LogP contribution in [0.4, 0.5) is 9.59 Å². The van der Waals surface area contributed by atoms with Gasteiger partial charge in [0.25, 0.3) is 0 Å². The molecule has 5 rings (SSSR count). The van der Waals surface area contributed by atoms with Crippen LogP contribution < -0.4 is 16.0 Å². The molecule has 0 bridgehead atoms. The fourth-order valence-electron chi connectivity index (χ4n) is 7.86. The minimum Gasteiger partial charge on any atom is -0.453 e. The molecular weight excluding hydrogens is 771 g/mol. The fourth-order valence-corrected chi connectivity index (χ4v) is 7.86. The highest BCUT2D eigenvalue weighted by molar-refractivity contribution is 5.89. The van der Waals surface area contributed by atoms with Crippen LogP contribution in [0.25, 0.3) is 11.3 Å². The van der Waals surface area contributed by atoms with E-state index in [1.165, 1.54) is 7.11 Å². The van der Waals surface area contributed by atoms with Crippen LogP contribution in [0.2, 0.25) is 0 Å². The van der Waals surface area contributed by atoms with Gasteiger partial charge in [0.05, 0.1) is 37.2 Å². The second kappa shape index (κ2) is 20.2. The van der Waals surface area contributed by atoms with E-state index in [0.717, 1.165) is 39.3 Å². The fraction of sp³-hybridized carbons (Fsp3) is 0.458. The predicted molar refractivity (Wildman–Crippen MR) is 236 cm³/mol. The van der Waals surface area contributed by atoms with Crippen molar-refractivity contribution in [2.45, 2.75) is 111 Å². The number of carbonyl (C=O) groups is 4. The number of rotatable bonds is 16. The first-order chi connectivity index (χ1) is 28.8. The summed E-state index contributed by atoms with van der Waals surface area (Å²) in [6.45, 7) is 16.4. The molecule has 2 aromatic heterocycles. The van der Waals surface area contributed by atoms with Gasteiger partial charge >= 0.3 is 12.1 Å². The lowest BCUT2D eigenvalue weighted by molar-refractivity contribution is -0.130. The number of alkyl carbamates (subject to hydrolysis) is 1. The van der Waals surface area contributed by atoms with E-state index in [0.29, 0.717) is 26.1 Å². The number of ether oxygens (including phenoxy) is 1. The van der Waals surface area contributed by atoms with Crippen LogP contribution in [0, 0.1) is 24.7 Å². The van der Waals surface area contributed by atoms with Gasteiger partial charge in [-0.15, -0.1) is 0 Å². The number of carbonyl (C=O) groups excluding carboxylic acids is 4. The molecule has 326 valence electrons. The highest BCUT2D eigenvalue weighted by Crippen LogP contribution is 2.29. The number of aliphatic hydroxyl groups excluding tert-OH is 1. The molecule has 0 saturated carbocycles. The van der Waals surface area contributed by atoms with Gasteiger partial charge in [0.1, 0.15) is 12.1 Å². The molecule has 0 aliphatic carbocycles. The summed E-state index contributed by atoms with van der Waals surface area (Å²) >= 11 is 0. The van der Waals surface area contributed by atoms with E-state index >= 15 is 0 Å². The molecule has 13 nitrogen and oxygen atoms in total. The molecule has 1 aliphatic heterocycles. The van der Waals surface area contributed by atoms with Crippen LogP contribution in [-0.2, 0) is 33.7 Å². The monoisotopic (exact) mass is 833 g/mol. The van der Waals surface area contributed by atoms with Crippen molar-refractivity contribution in [1.29, 1.82) is 0 Å². The maximum atomic E-state index is 14.6. The van der Waals surface area contributed by atoms with Crippen molar-refractivity contribution >= 4 is 23.9 Å². The number of nitrogens with one attached hydrogen (secondary N) is 3. The number of aryl methyl sites for hydroxylation is 2. The topological polar surface area (TPSA) is 166 Å². The number of benzene rings is 2.